The molecule has 1 atom stereocenters. The van der Waals surface area contributed by atoms with Crippen LogP contribution in [0.25, 0.3) is 0 Å². The Bertz CT molecular complexity index is 701. The summed E-state index contributed by atoms with van der Waals surface area (Å²) in [5.41, 5.74) is 2.44. The first-order valence-electron chi connectivity index (χ1n) is 8.31. The molecule has 0 aromatic carbocycles. The number of carbonyl (C=O) groups is 1. The third kappa shape index (κ3) is 3.81. The lowest BCUT2D eigenvalue weighted by Crippen LogP contribution is -2.30. The van der Waals surface area contributed by atoms with E-state index in [-0.39, 0.29) is 12.0 Å². The normalized spacial score (nSPS) is 17.4. The molecule has 1 saturated heterocycles. The summed E-state index contributed by atoms with van der Waals surface area (Å²) in [6.45, 7) is 6.66. The van der Waals surface area contributed by atoms with E-state index < -0.39 is 0 Å². The Kier molecular flexibility index (Phi) is 4.94. The Morgan fingerprint density at radius 2 is 2.29 bits per heavy atom. The van der Waals surface area contributed by atoms with Gasteiger partial charge in [-0.25, -0.2) is 4.68 Å². The fourth-order valence-corrected chi connectivity index (χ4v) is 2.93. The van der Waals surface area contributed by atoms with Crippen molar-refractivity contribution in [3.8, 4) is 0 Å². The topological polar surface area (TPSA) is 78.1 Å². The molecule has 0 aliphatic carbocycles. The standard InChI is InChI=1S/C16H24N6O2/c1-12-9-13(2)22(18-12)7-6-20(3)16(23)15-11-21(19-17-15)10-14-5-4-8-24-14/h9,11,14H,4-8,10H2,1-3H3/t14-/m0/s1. The first-order valence-corrected chi connectivity index (χ1v) is 8.31. The van der Waals surface area contributed by atoms with E-state index in [0.717, 1.165) is 30.8 Å². The summed E-state index contributed by atoms with van der Waals surface area (Å²) in [5, 5.41) is 12.4. The van der Waals surface area contributed by atoms with Crippen LogP contribution in [0.2, 0.25) is 0 Å². The molecule has 0 bridgehead atoms. The second-order valence-electron chi connectivity index (χ2n) is 6.34. The van der Waals surface area contributed by atoms with Crippen LogP contribution in [0.1, 0.15) is 34.7 Å². The molecule has 8 heteroatoms. The van der Waals surface area contributed by atoms with Crippen molar-refractivity contribution in [3.63, 3.8) is 0 Å². The van der Waals surface area contributed by atoms with Gasteiger partial charge in [0.15, 0.2) is 5.69 Å². The van der Waals surface area contributed by atoms with Gasteiger partial charge in [0.1, 0.15) is 0 Å². The summed E-state index contributed by atoms with van der Waals surface area (Å²) in [5.74, 6) is -0.130. The van der Waals surface area contributed by atoms with Crippen molar-refractivity contribution in [2.24, 2.45) is 0 Å². The van der Waals surface area contributed by atoms with E-state index in [0.29, 0.717) is 25.3 Å². The largest absolute Gasteiger partial charge is 0.376 e. The van der Waals surface area contributed by atoms with Gasteiger partial charge in [0.25, 0.3) is 5.91 Å². The predicted molar refractivity (Wildman–Crippen MR) is 87.7 cm³/mol. The SMILES string of the molecule is Cc1cc(C)n(CCN(C)C(=O)c2cn(C[C@@H]3CCCO3)nn2)n1. The second-order valence-corrected chi connectivity index (χ2v) is 6.34. The summed E-state index contributed by atoms with van der Waals surface area (Å²) >= 11 is 0. The number of ether oxygens (including phenoxy) is 1. The molecule has 0 saturated carbocycles. The molecule has 2 aromatic heterocycles. The van der Waals surface area contributed by atoms with Gasteiger partial charge in [-0.15, -0.1) is 5.10 Å². The van der Waals surface area contributed by atoms with Crippen molar-refractivity contribution in [3.05, 3.63) is 29.3 Å². The molecule has 3 heterocycles. The smallest absolute Gasteiger partial charge is 0.275 e. The Morgan fingerprint density at radius 1 is 1.46 bits per heavy atom. The number of amides is 1. The van der Waals surface area contributed by atoms with E-state index in [9.17, 15) is 4.79 Å². The number of carbonyl (C=O) groups excluding carboxylic acids is 1. The van der Waals surface area contributed by atoms with Crippen molar-refractivity contribution in [1.82, 2.24) is 29.7 Å². The van der Waals surface area contributed by atoms with Crippen molar-refractivity contribution in [1.29, 1.82) is 0 Å². The number of aryl methyl sites for hydroxylation is 2. The van der Waals surface area contributed by atoms with Crippen LogP contribution in [-0.4, -0.2) is 61.9 Å². The van der Waals surface area contributed by atoms with Gasteiger partial charge in [0, 0.05) is 25.9 Å². The summed E-state index contributed by atoms with van der Waals surface area (Å²) < 4.78 is 9.18. The highest BCUT2D eigenvalue weighted by molar-refractivity contribution is 5.91. The highest BCUT2D eigenvalue weighted by atomic mass is 16.5. The minimum absolute atomic E-state index is 0.130. The zero-order chi connectivity index (χ0) is 17.1. The molecule has 2 aromatic rings. The van der Waals surface area contributed by atoms with Gasteiger partial charge < -0.3 is 9.64 Å². The molecule has 1 aliphatic heterocycles. The van der Waals surface area contributed by atoms with Crippen LogP contribution in [0.5, 0.6) is 0 Å². The molecule has 3 rings (SSSR count). The van der Waals surface area contributed by atoms with Crippen molar-refractivity contribution >= 4 is 5.91 Å². The lowest BCUT2D eigenvalue weighted by molar-refractivity contribution is 0.0782. The fourth-order valence-electron chi connectivity index (χ4n) is 2.93. The van der Waals surface area contributed by atoms with Crippen LogP contribution in [0.15, 0.2) is 12.3 Å². The van der Waals surface area contributed by atoms with Crippen LogP contribution in [0.3, 0.4) is 0 Å². The first-order chi connectivity index (χ1) is 11.5. The molecule has 0 N–H and O–H groups in total. The molecule has 0 radical (unpaired) electrons. The van der Waals surface area contributed by atoms with E-state index in [2.05, 4.69) is 15.4 Å². The Hall–Kier alpha value is -2.22. The van der Waals surface area contributed by atoms with Gasteiger partial charge in [-0.2, -0.15) is 5.10 Å². The number of rotatable bonds is 6. The van der Waals surface area contributed by atoms with Gasteiger partial charge in [0.05, 0.1) is 31.1 Å². The highest BCUT2D eigenvalue weighted by Gasteiger charge is 2.19. The van der Waals surface area contributed by atoms with Gasteiger partial charge in [-0.1, -0.05) is 5.21 Å². The first kappa shape index (κ1) is 16.6. The molecule has 1 aliphatic rings. The second kappa shape index (κ2) is 7.12. The molecular formula is C16H24N6O2. The maximum Gasteiger partial charge on any atom is 0.275 e. The van der Waals surface area contributed by atoms with Crippen LogP contribution < -0.4 is 0 Å². The summed E-state index contributed by atoms with van der Waals surface area (Å²) in [4.78, 5) is 14.1. The third-order valence-corrected chi connectivity index (χ3v) is 4.27. The van der Waals surface area contributed by atoms with Crippen LogP contribution >= 0.6 is 0 Å². The van der Waals surface area contributed by atoms with E-state index in [1.54, 1.807) is 22.8 Å². The monoisotopic (exact) mass is 332 g/mol. The minimum atomic E-state index is -0.130. The zero-order valence-electron chi connectivity index (χ0n) is 14.5. The maximum absolute atomic E-state index is 12.5. The quantitative estimate of drug-likeness (QED) is 0.790. The number of likely N-dealkylation sites (N-methyl/N-ethyl adjacent to an activating group) is 1. The lowest BCUT2D eigenvalue weighted by Gasteiger charge is -2.16. The molecule has 0 spiro atoms. The van der Waals surface area contributed by atoms with Gasteiger partial charge in [0.2, 0.25) is 0 Å². The highest BCUT2D eigenvalue weighted by Crippen LogP contribution is 2.13. The lowest BCUT2D eigenvalue weighted by atomic mass is 10.2. The molecule has 8 nitrogen and oxygen atoms in total. The van der Waals surface area contributed by atoms with E-state index >= 15 is 0 Å². The molecule has 1 fully saturated rings. The van der Waals surface area contributed by atoms with Crippen molar-refractivity contribution < 1.29 is 9.53 Å². The molecule has 1 amide bonds. The van der Waals surface area contributed by atoms with Crippen molar-refractivity contribution in [2.45, 2.75) is 45.9 Å². The molecular weight excluding hydrogens is 308 g/mol. The number of nitrogens with zero attached hydrogens (tertiary/aromatic N) is 6. The third-order valence-electron chi connectivity index (χ3n) is 4.27. The van der Waals surface area contributed by atoms with E-state index in [1.807, 2.05) is 24.6 Å². The fraction of sp³-hybridized carbons (Fsp3) is 0.625. The number of hydrogen-bond acceptors (Lipinski definition) is 5. The maximum atomic E-state index is 12.5. The summed E-state index contributed by atoms with van der Waals surface area (Å²) in [6, 6.07) is 2.03. The molecule has 24 heavy (non-hydrogen) atoms. The molecule has 130 valence electrons. The Morgan fingerprint density at radius 3 is 2.96 bits per heavy atom. The van der Waals surface area contributed by atoms with Gasteiger partial charge >= 0.3 is 0 Å². The average Bonchev–Trinajstić information content (AvgIpc) is 3.27. The number of hydrogen-bond donors (Lipinski definition) is 0. The van der Waals surface area contributed by atoms with E-state index in [1.165, 1.54) is 0 Å². The summed E-state index contributed by atoms with van der Waals surface area (Å²) in [7, 11) is 1.77. The average molecular weight is 332 g/mol. The van der Waals surface area contributed by atoms with Crippen molar-refractivity contribution in [2.75, 3.05) is 20.2 Å². The van der Waals surface area contributed by atoms with Gasteiger partial charge in [-0.05, 0) is 32.8 Å². The Balaban J connectivity index is 1.55. The number of aromatic nitrogens is 5. The molecule has 0 unspecified atom stereocenters. The Labute approximate surface area is 141 Å². The van der Waals surface area contributed by atoms with Crippen LogP contribution in [-0.2, 0) is 17.8 Å². The van der Waals surface area contributed by atoms with Crippen LogP contribution in [0, 0.1) is 13.8 Å². The predicted octanol–water partition coefficient (Wildman–Crippen LogP) is 1.04. The summed E-state index contributed by atoms with van der Waals surface area (Å²) in [6.07, 6.45) is 3.99. The van der Waals surface area contributed by atoms with Crippen LogP contribution in [0.4, 0.5) is 0 Å². The van der Waals surface area contributed by atoms with E-state index in [4.69, 9.17) is 4.74 Å². The van der Waals surface area contributed by atoms with Gasteiger partial charge in [-0.3, -0.25) is 9.48 Å². The minimum Gasteiger partial charge on any atom is -0.376 e. The zero-order valence-corrected chi connectivity index (χ0v) is 14.5.